The van der Waals surface area contributed by atoms with Gasteiger partial charge in [-0.15, -0.1) is 0 Å². The molecule has 3 nitrogen and oxygen atoms in total. The number of aliphatic hydroxyl groups excluding tert-OH is 1. The van der Waals surface area contributed by atoms with Crippen LogP contribution < -0.4 is 10.5 Å². The van der Waals surface area contributed by atoms with E-state index in [0.29, 0.717) is 13.0 Å². The zero-order chi connectivity index (χ0) is 14.4. The third kappa shape index (κ3) is 3.83. The minimum absolute atomic E-state index is 0.140. The first kappa shape index (κ1) is 14.6. The average Bonchev–Trinajstić information content (AvgIpc) is 2.48. The Hall–Kier alpha value is -1.84. The molecule has 0 fully saturated rings. The van der Waals surface area contributed by atoms with Gasteiger partial charge >= 0.3 is 0 Å². The molecule has 2 aromatic rings. The van der Waals surface area contributed by atoms with Gasteiger partial charge in [0.05, 0.1) is 0 Å². The molecule has 0 saturated carbocycles. The predicted molar refractivity (Wildman–Crippen MR) is 80.8 cm³/mol. The van der Waals surface area contributed by atoms with Crippen molar-refractivity contribution in [2.24, 2.45) is 5.73 Å². The molecule has 0 aliphatic rings. The van der Waals surface area contributed by atoms with Gasteiger partial charge in [-0.3, -0.25) is 0 Å². The SMILES string of the molecule is Cc1ccc(C(CN)Oc2ccc(CCO)cc2)cc1. The van der Waals surface area contributed by atoms with Crippen molar-refractivity contribution in [3.8, 4) is 5.75 Å². The van der Waals surface area contributed by atoms with Gasteiger partial charge in [-0.05, 0) is 36.6 Å². The maximum absolute atomic E-state index is 8.90. The Balaban J connectivity index is 2.07. The highest BCUT2D eigenvalue weighted by atomic mass is 16.5. The van der Waals surface area contributed by atoms with E-state index in [0.717, 1.165) is 16.9 Å². The molecule has 0 saturated heterocycles. The molecule has 0 aliphatic carbocycles. The number of rotatable bonds is 6. The highest BCUT2D eigenvalue weighted by Gasteiger charge is 2.11. The van der Waals surface area contributed by atoms with Gasteiger partial charge in [0.1, 0.15) is 11.9 Å². The first-order valence-corrected chi connectivity index (χ1v) is 6.86. The molecule has 2 aromatic carbocycles. The molecule has 3 heteroatoms. The van der Waals surface area contributed by atoms with Gasteiger partial charge in [0, 0.05) is 13.2 Å². The number of benzene rings is 2. The fourth-order valence-electron chi connectivity index (χ4n) is 2.06. The minimum Gasteiger partial charge on any atom is -0.484 e. The van der Waals surface area contributed by atoms with E-state index in [9.17, 15) is 0 Å². The standard InChI is InChI=1S/C17H21NO2/c1-13-2-6-15(7-3-13)17(12-18)20-16-8-4-14(5-9-16)10-11-19/h2-9,17,19H,10-12,18H2,1H3. The number of hydrogen-bond acceptors (Lipinski definition) is 3. The summed E-state index contributed by atoms with van der Waals surface area (Å²) in [7, 11) is 0. The molecule has 20 heavy (non-hydrogen) atoms. The Morgan fingerprint density at radius 2 is 1.70 bits per heavy atom. The van der Waals surface area contributed by atoms with Crippen LogP contribution in [0.4, 0.5) is 0 Å². The molecule has 0 bridgehead atoms. The van der Waals surface area contributed by atoms with E-state index >= 15 is 0 Å². The lowest BCUT2D eigenvalue weighted by molar-refractivity contribution is 0.214. The Kier molecular flexibility index (Phi) is 5.16. The summed E-state index contributed by atoms with van der Waals surface area (Å²) in [4.78, 5) is 0. The van der Waals surface area contributed by atoms with Crippen LogP contribution >= 0.6 is 0 Å². The van der Waals surface area contributed by atoms with Crippen LogP contribution in [-0.2, 0) is 6.42 Å². The summed E-state index contributed by atoms with van der Waals surface area (Å²) in [6.07, 6.45) is 0.526. The first-order valence-electron chi connectivity index (χ1n) is 6.86. The lowest BCUT2D eigenvalue weighted by Crippen LogP contribution is -2.18. The van der Waals surface area contributed by atoms with Gasteiger partial charge in [0.25, 0.3) is 0 Å². The largest absolute Gasteiger partial charge is 0.484 e. The third-order valence-electron chi connectivity index (χ3n) is 3.27. The summed E-state index contributed by atoms with van der Waals surface area (Å²) in [5, 5.41) is 8.90. The van der Waals surface area contributed by atoms with E-state index < -0.39 is 0 Å². The summed E-state index contributed by atoms with van der Waals surface area (Å²) in [6.45, 7) is 2.65. The number of nitrogens with two attached hydrogens (primary N) is 1. The quantitative estimate of drug-likeness (QED) is 0.849. The fourth-order valence-corrected chi connectivity index (χ4v) is 2.06. The molecule has 0 aliphatic heterocycles. The van der Waals surface area contributed by atoms with E-state index in [1.807, 2.05) is 36.4 Å². The summed E-state index contributed by atoms with van der Waals surface area (Å²) in [5.41, 5.74) is 9.21. The van der Waals surface area contributed by atoms with Crippen LogP contribution in [0.2, 0.25) is 0 Å². The third-order valence-corrected chi connectivity index (χ3v) is 3.27. The first-order chi connectivity index (χ1) is 9.72. The monoisotopic (exact) mass is 271 g/mol. The topological polar surface area (TPSA) is 55.5 Å². The lowest BCUT2D eigenvalue weighted by Gasteiger charge is -2.18. The summed E-state index contributed by atoms with van der Waals surface area (Å²) < 4.78 is 5.94. The van der Waals surface area contributed by atoms with Crippen molar-refractivity contribution in [3.05, 3.63) is 65.2 Å². The van der Waals surface area contributed by atoms with Crippen molar-refractivity contribution >= 4 is 0 Å². The molecule has 3 N–H and O–H groups in total. The molecular weight excluding hydrogens is 250 g/mol. The Labute approximate surface area is 120 Å². The molecule has 106 valence electrons. The van der Waals surface area contributed by atoms with Crippen molar-refractivity contribution in [2.45, 2.75) is 19.4 Å². The van der Waals surface area contributed by atoms with Crippen molar-refractivity contribution in [1.82, 2.24) is 0 Å². The molecular formula is C17H21NO2. The van der Waals surface area contributed by atoms with Crippen molar-refractivity contribution in [2.75, 3.05) is 13.2 Å². The van der Waals surface area contributed by atoms with Crippen LogP contribution in [-0.4, -0.2) is 18.3 Å². The minimum atomic E-state index is -0.140. The van der Waals surface area contributed by atoms with Crippen molar-refractivity contribution < 1.29 is 9.84 Å². The number of aliphatic hydroxyl groups is 1. The highest BCUT2D eigenvalue weighted by Crippen LogP contribution is 2.22. The molecule has 1 atom stereocenters. The lowest BCUT2D eigenvalue weighted by atomic mass is 10.1. The smallest absolute Gasteiger partial charge is 0.136 e. The van der Waals surface area contributed by atoms with E-state index in [-0.39, 0.29) is 12.7 Å². The van der Waals surface area contributed by atoms with Crippen LogP contribution in [0.25, 0.3) is 0 Å². The maximum Gasteiger partial charge on any atom is 0.136 e. The molecule has 0 radical (unpaired) electrons. The second-order valence-corrected chi connectivity index (χ2v) is 4.87. The van der Waals surface area contributed by atoms with Crippen LogP contribution in [0.15, 0.2) is 48.5 Å². The van der Waals surface area contributed by atoms with Gasteiger partial charge in [-0.1, -0.05) is 42.0 Å². The van der Waals surface area contributed by atoms with Crippen LogP contribution in [0.3, 0.4) is 0 Å². The molecule has 2 rings (SSSR count). The Bertz CT molecular complexity index is 520. The Morgan fingerprint density at radius 1 is 1.05 bits per heavy atom. The molecule has 0 spiro atoms. The maximum atomic E-state index is 8.90. The molecule has 0 heterocycles. The van der Waals surface area contributed by atoms with Gasteiger partial charge in [0.15, 0.2) is 0 Å². The second kappa shape index (κ2) is 7.08. The van der Waals surface area contributed by atoms with Gasteiger partial charge in [-0.2, -0.15) is 0 Å². The molecule has 1 unspecified atom stereocenters. The van der Waals surface area contributed by atoms with Gasteiger partial charge in [-0.25, -0.2) is 0 Å². The van der Waals surface area contributed by atoms with E-state index in [4.69, 9.17) is 15.6 Å². The van der Waals surface area contributed by atoms with Gasteiger partial charge in [0.2, 0.25) is 0 Å². The summed E-state index contributed by atoms with van der Waals surface area (Å²) in [5.74, 6) is 0.794. The van der Waals surface area contributed by atoms with E-state index in [2.05, 4.69) is 19.1 Å². The summed E-state index contributed by atoms with van der Waals surface area (Å²) in [6, 6.07) is 16.0. The number of hydrogen-bond donors (Lipinski definition) is 2. The van der Waals surface area contributed by atoms with Crippen LogP contribution in [0, 0.1) is 6.92 Å². The highest BCUT2D eigenvalue weighted by molar-refractivity contribution is 5.29. The summed E-state index contributed by atoms with van der Waals surface area (Å²) >= 11 is 0. The van der Waals surface area contributed by atoms with Crippen LogP contribution in [0.5, 0.6) is 5.75 Å². The molecule has 0 aromatic heterocycles. The average molecular weight is 271 g/mol. The van der Waals surface area contributed by atoms with Crippen LogP contribution in [0.1, 0.15) is 22.8 Å². The Morgan fingerprint density at radius 3 is 2.25 bits per heavy atom. The van der Waals surface area contributed by atoms with Crippen molar-refractivity contribution in [3.63, 3.8) is 0 Å². The zero-order valence-electron chi connectivity index (χ0n) is 11.8. The van der Waals surface area contributed by atoms with E-state index in [1.54, 1.807) is 0 Å². The van der Waals surface area contributed by atoms with E-state index in [1.165, 1.54) is 5.56 Å². The number of ether oxygens (including phenoxy) is 1. The zero-order valence-corrected chi connectivity index (χ0v) is 11.8. The van der Waals surface area contributed by atoms with Crippen molar-refractivity contribution in [1.29, 1.82) is 0 Å². The normalized spacial score (nSPS) is 12.2. The molecule has 0 amide bonds. The second-order valence-electron chi connectivity index (χ2n) is 4.87. The fraction of sp³-hybridized carbons (Fsp3) is 0.294. The number of aryl methyl sites for hydroxylation is 1. The van der Waals surface area contributed by atoms with Gasteiger partial charge < -0.3 is 15.6 Å². The predicted octanol–water partition coefficient (Wildman–Crippen LogP) is 2.61.